The fraction of sp³-hybridized carbons (Fsp3) is 1.00. The molecule has 0 saturated carbocycles. The summed E-state index contributed by atoms with van der Waals surface area (Å²) in [4.78, 5) is 0. The number of hydrogen-bond acceptors (Lipinski definition) is 2. The molecule has 0 saturated heterocycles. The Hall–Kier alpha value is -0.0800. The Morgan fingerprint density at radius 1 is 1.33 bits per heavy atom. The summed E-state index contributed by atoms with van der Waals surface area (Å²) in [7, 11) is 0. The van der Waals surface area contributed by atoms with Crippen LogP contribution in [0, 0.1) is 5.92 Å². The van der Waals surface area contributed by atoms with Crippen LogP contribution in [0.3, 0.4) is 0 Å². The minimum Gasteiger partial charge on any atom is -0.395 e. The standard InChI is InChI=1S/C7H17NO/c1-6(2)3-4-7(8)5-9/h6-7,9H,3-5,8H2,1-2H3/t7-/m1/s1. The highest BCUT2D eigenvalue weighted by atomic mass is 16.3. The third-order valence-electron chi connectivity index (χ3n) is 1.35. The minimum absolute atomic E-state index is 0.00704. The molecule has 0 aromatic heterocycles. The molecule has 0 radical (unpaired) electrons. The molecule has 2 heteroatoms. The van der Waals surface area contributed by atoms with Gasteiger partial charge in [-0.3, -0.25) is 0 Å². The molecule has 0 unspecified atom stereocenters. The zero-order valence-corrected chi connectivity index (χ0v) is 6.30. The van der Waals surface area contributed by atoms with Gasteiger partial charge in [-0.2, -0.15) is 0 Å². The van der Waals surface area contributed by atoms with Gasteiger partial charge in [-0.25, -0.2) is 0 Å². The van der Waals surface area contributed by atoms with Crippen molar-refractivity contribution in [3.8, 4) is 0 Å². The van der Waals surface area contributed by atoms with Gasteiger partial charge in [0, 0.05) is 6.04 Å². The largest absolute Gasteiger partial charge is 0.395 e. The van der Waals surface area contributed by atoms with Crippen LogP contribution >= 0.6 is 0 Å². The summed E-state index contributed by atoms with van der Waals surface area (Å²) in [5.41, 5.74) is 5.47. The summed E-state index contributed by atoms with van der Waals surface area (Å²) in [5, 5.41) is 8.52. The Kier molecular flexibility index (Phi) is 4.72. The summed E-state index contributed by atoms with van der Waals surface area (Å²) in [6.07, 6.45) is 2.05. The van der Waals surface area contributed by atoms with Crippen molar-refractivity contribution in [1.82, 2.24) is 0 Å². The number of nitrogens with two attached hydrogens (primary N) is 1. The Morgan fingerprint density at radius 2 is 1.89 bits per heavy atom. The quantitative estimate of drug-likeness (QED) is 0.591. The summed E-state index contributed by atoms with van der Waals surface area (Å²) in [5.74, 6) is 0.697. The van der Waals surface area contributed by atoms with Crippen LogP contribution in [0.15, 0.2) is 0 Å². The molecule has 0 bridgehead atoms. The average Bonchev–Trinajstić information content (AvgIpc) is 1.83. The van der Waals surface area contributed by atoms with Gasteiger partial charge >= 0.3 is 0 Å². The molecule has 3 N–H and O–H groups in total. The maximum absolute atomic E-state index is 8.52. The third-order valence-corrected chi connectivity index (χ3v) is 1.35. The molecule has 0 aromatic rings. The van der Waals surface area contributed by atoms with E-state index in [4.69, 9.17) is 10.8 Å². The highest BCUT2D eigenvalue weighted by molar-refractivity contribution is 4.59. The Labute approximate surface area is 57.1 Å². The van der Waals surface area contributed by atoms with Crippen molar-refractivity contribution >= 4 is 0 Å². The molecule has 0 spiro atoms. The van der Waals surface area contributed by atoms with E-state index in [1.54, 1.807) is 0 Å². The van der Waals surface area contributed by atoms with E-state index < -0.39 is 0 Å². The first-order valence-corrected chi connectivity index (χ1v) is 3.53. The van der Waals surface area contributed by atoms with Crippen molar-refractivity contribution in [2.45, 2.75) is 32.7 Å². The predicted octanol–water partition coefficient (Wildman–Crippen LogP) is 0.742. The van der Waals surface area contributed by atoms with E-state index in [1.165, 1.54) is 0 Å². The van der Waals surface area contributed by atoms with E-state index in [0.29, 0.717) is 5.92 Å². The molecule has 0 rings (SSSR count). The van der Waals surface area contributed by atoms with Crippen molar-refractivity contribution in [1.29, 1.82) is 0 Å². The average molecular weight is 131 g/mol. The van der Waals surface area contributed by atoms with Crippen LogP contribution in [0.25, 0.3) is 0 Å². The summed E-state index contributed by atoms with van der Waals surface area (Å²) >= 11 is 0. The number of rotatable bonds is 4. The molecule has 0 aliphatic rings. The van der Waals surface area contributed by atoms with Crippen LogP contribution in [0.2, 0.25) is 0 Å². The minimum atomic E-state index is -0.00704. The van der Waals surface area contributed by atoms with E-state index >= 15 is 0 Å². The van der Waals surface area contributed by atoms with Gasteiger partial charge in [-0.1, -0.05) is 13.8 Å². The third kappa shape index (κ3) is 5.80. The van der Waals surface area contributed by atoms with Crippen molar-refractivity contribution in [3.63, 3.8) is 0 Å². The summed E-state index contributed by atoms with van der Waals surface area (Å²) in [6.45, 7) is 4.43. The molecule has 56 valence electrons. The van der Waals surface area contributed by atoms with Gasteiger partial charge in [0.25, 0.3) is 0 Å². The molecule has 0 heterocycles. The normalized spacial score (nSPS) is 14.3. The lowest BCUT2D eigenvalue weighted by Crippen LogP contribution is -2.24. The maximum atomic E-state index is 8.52. The van der Waals surface area contributed by atoms with Gasteiger partial charge in [0.1, 0.15) is 0 Å². The lowest BCUT2D eigenvalue weighted by atomic mass is 10.0. The lowest BCUT2D eigenvalue weighted by molar-refractivity contribution is 0.254. The molecule has 2 nitrogen and oxygen atoms in total. The molecule has 1 atom stereocenters. The molecule has 0 aliphatic carbocycles. The van der Waals surface area contributed by atoms with Crippen LogP contribution in [0.4, 0.5) is 0 Å². The summed E-state index contributed by atoms with van der Waals surface area (Å²) < 4.78 is 0. The van der Waals surface area contributed by atoms with Gasteiger partial charge < -0.3 is 10.8 Å². The first kappa shape index (κ1) is 8.92. The lowest BCUT2D eigenvalue weighted by Gasteiger charge is -2.08. The van der Waals surface area contributed by atoms with Crippen LogP contribution < -0.4 is 5.73 Å². The Balaban J connectivity index is 3.06. The van der Waals surface area contributed by atoms with E-state index in [-0.39, 0.29) is 12.6 Å². The van der Waals surface area contributed by atoms with Gasteiger partial charge in [-0.05, 0) is 18.8 Å². The first-order valence-electron chi connectivity index (χ1n) is 3.53. The molecule has 0 fully saturated rings. The SMILES string of the molecule is CC(C)CC[C@@H](N)CO. The van der Waals surface area contributed by atoms with E-state index in [1.807, 2.05) is 0 Å². The van der Waals surface area contributed by atoms with Gasteiger partial charge in [0.05, 0.1) is 6.61 Å². The van der Waals surface area contributed by atoms with E-state index in [9.17, 15) is 0 Å². The Bertz CT molecular complexity index is 63.9. The first-order chi connectivity index (χ1) is 4.16. The highest BCUT2D eigenvalue weighted by Crippen LogP contribution is 2.04. The van der Waals surface area contributed by atoms with Crippen molar-refractivity contribution in [2.24, 2.45) is 11.7 Å². The molecule has 9 heavy (non-hydrogen) atoms. The van der Waals surface area contributed by atoms with Gasteiger partial charge in [0.15, 0.2) is 0 Å². The zero-order chi connectivity index (χ0) is 7.28. The van der Waals surface area contributed by atoms with Crippen LogP contribution in [0.5, 0.6) is 0 Å². The molecule has 0 aliphatic heterocycles. The fourth-order valence-corrected chi connectivity index (χ4v) is 0.639. The highest BCUT2D eigenvalue weighted by Gasteiger charge is 2.00. The smallest absolute Gasteiger partial charge is 0.0582 e. The topological polar surface area (TPSA) is 46.2 Å². The van der Waals surface area contributed by atoms with Crippen LogP contribution in [-0.2, 0) is 0 Å². The molecule has 0 aromatic carbocycles. The van der Waals surface area contributed by atoms with Crippen molar-refractivity contribution in [2.75, 3.05) is 6.61 Å². The van der Waals surface area contributed by atoms with Gasteiger partial charge in [-0.15, -0.1) is 0 Å². The molecular formula is C7H17NO. The molecular weight excluding hydrogens is 114 g/mol. The van der Waals surface area contributed by atoms with Crippen molar-refractivity contribution in [3.05, 3.63) is 0 Å². The van der Waals surface area contributed by atoms with E-state index in [2.05, 4.69) is 13.8 Å². The predicted molar refractivity (Wildman–Crippen MR) is 39.1 cm³/mol. The summed E-state index contributed by atoms with van der Waals surface area (Å²) in [6, 6.07) is -0.00704. The number of hydrogen-bond donors (Lipinski definition) is 2. The van der Waals surface area contributed by atoms with Crippen LogP contribution in [0.1, 0.15) is 26.7 Å². The number of aliphatic hydroxyl groups excluding tert-OH is 1. The number of aliphatic hydroxyl groups is 1. The maximum Gasteiger partial charge on any atom is 0.0582 e. The molecule has 0 amide bonds. The fourth-order valence-electron chi connectivity index (χ4n) is 0.639. The second-order valence-electron chi connectivity index (χ2n) is 2.91. The Morgan fingerprint density at radius 3 is 2.22 bits per heavy atom. The van der Waals surface area contributed by atoms with Gasteiger partial charge in [0.2, 0.25) is 0 Å². The zero-order valence-electron chi connectivity index (χ0n) is 6.30. The second kappa shape index (κ2) is 4.77. The van der Waals surface area contributed by atoms with Crippen LogP contribution in [-0.4, -0.2) is 17.8 Å². The monoisotopic (exact) mass is 131 g/mol. The van der Waals surface area contributed by atoms with E-state index in [0.717, 1.165) is 12.8 Å². The second-order valence-corrected chi connectivity index (χ2v) is 2.91. The van der Waals surface area contributed by atoms with Crippen molar-refractivity contribution < 1.29 is 5.11 Å².